The van der Waals surface area contributed by atoms with Crippen LogP contribution in [0.2, 0.25) is 5.15 Å². The van der Waals surface area contributed by atoms with Crippen LogP contribution in [-0.2, 0) is 25.6 Å². The van der Waals surface area contributed by atoms with Gasteiger partial charge in [0.05, 0.1) is 29.1 Å². The van der Waals surface area contributed by atoms with Crippen molar-refractivity contribution in [2.75, 3.05) is 16.6 Å². The van der Waals surface area contributed by atoms with E-state index in [0.29, 0.717) is 11.1 Å². The first kappa shape index (κ1) is 26.5. The molecule has 3 aromatic rings. The number of sulfone groups is 1. The van der Waals surface area contributed by atoms with Gasteiger partial charge in [0.1, 0.15) is 23.5 Å². The SMILES string of the molecule is Cc1ccc2c(c1)CCC2Nc1cc(Cl)nc2c1cnn2[C@@H]1O[C@H](CS(=O)(=O)CP(=O)(O)O)[C@@H](O)[C@H]1O. The summed E-state index contributed by atoms with van der Waals surface area (Å²) in [5.41, 5.74) is 3.17. The molecule has 0 bridgehead atoms. The molecule has 1 aromatic carbocycles. The van der Waals surface area contributed by atoms with E-state index in [-0.39, 0.29) is 16.8 Å². The highest BCUT2D eigenvalue weighted by molar-refractivity contribution is 7.97. The zero-order valence-electron chi connectivity index (χ0n) is 19.6. The number of benzene rings is 1. The molecule has 0 spiro atoms. The predicted octanol–water partition coefficient (Wildman–Crippen LogP) is 1.66. The highest BCUT2D eigenvalue weighted by atomic mass is 35.5. The summed E-state index contributed by atoms with van der Waals surface area (Å²) in [6, 6.07) is 8.04. The highest BCUT2D eigenvalue weighted by Crippen LogP contribution is 2.40. The van der Waals surface area contributed by atoms with Crippen LogP contribution in [0.25, 0.3) is 11.0 Å². The number of pyridine rings is 1. The monoisotopic (exact) mass is 572 g/mol. The van der Waals surface area contributed by atoms with E-state index >= 15 is 0 Å². The minimum absolute atomic E-state index is 0.0411. The molecule has 0 radical (unpaired) electrons. The van der Waals surface area contributed by atoms with Crippen molar-refractivity contribution < 1.29 is 37.7 Å². The number of aryl methyl sites for hydroxylation is 2. The summed E-state index contributed by atoms with van der Waals surface area (Å²) in [7, 11) is -9.16. The van der Waals surface area contributed by atoms with Gasteiger partial charge < -0.3 is 30.1 Å². The average molecular weight is 573 g/mol. The van der Waals surface area contributed by atoms with Crippen LogP contribution >= 0.6 is 19.2 Å². The summed E-state index contributed by atoms with van der Waals surface area (Å²) < 4.78 is 42.4. The zero-order valence-corrected chi connectivity index (χ0v) is 22.1. The van der Waals surface area contributed by atoms with Gasteiger partial charge in [-0.05, 0) is 37.0 Å². The molecule has 12 nitrogen and oxygen atoms in total. The van der Waals surface area contributed by atoms with Gasteiger partial charge in [0.25, 0.3) is 0 Å². The Hall–Kier alpha value is -2.09. The number of anilines is 1. The Balaban J connectivity index is 1.42. The summed E-state index contributed by atoms with van der Waals surface area (Å²) in [5.74, 6) is -0.895. The number of nitrogens with one attached hydrogen (secondary N) is 1. The third-order valence-corrected chi connectivity index (χ3v) is 10.6. The van der Waals surface area contributed by atoms with Crippen LogP contribution in [0.3, 0.4) is 0 Å². The third kappa shape index (κ3) is 5.41. The minimum atomic E-state index is -4.86. The lowest BCUT2D eigenvalue weighted by Gasteiger charge is -2.18. The number of aromatic nitrogens is 3. The fraction of sp³-hybridized carbons (Fsp3) is 0.455. The van der Waals surface area contributed by atoms with Gasteiger partial charge in [0, 0.05) is 0 Å². The molecule has 1 saturated heterocycles. The molecule has 1 unspecified atom stereocenters. The molecule has 0 amide bonds. The van der Waals surface area contributed by atoms with Gasteiger partial charge in [-0.1, -0.05) is 35.4 Å². The van der Waals surface area contributed by atoms with Crippen molar-refractivity contribution in [2.45, 2.75) is 50.3 Å². The van der Waals surface area contributed by atoms with Crippen LogP contribution in [0, 0.1) is 6.92 Å². The predicted molar refractivity (Wildman–Crippen MR) is 135 cm³/mol. The number of hydrogen-bond acceptors (Lipinski definition) is 9. The quantitative estimate of drug-likeness (QED) is 0.205. The lowest BCUT2D eigenvalue weighted by molar-refractivity contribution is -0.0364. The number of aliphatic hydroxyl groups is 2. The number of halogens is 1. The molecule has 5 atom stereocenters. The number of aliphatic hydroxyl groups excluding tert-OH is 2. The van der Waals surface area contributed by atoms with E-state index < -0.39 is 53.2 Å². The van der Waals surface area contributed by atoms with E-state index in [0.717, 1.165) is 12.8 Å². The van der Waals surface area contributed by atoms with Gasteiger partial charge in [0.15, 0.2) is 27.2 Å². The molecule has 0 saturated carbocycles. The number of fused-ring (bicyclic) bond motifs is 2. The van der Waals surface area contributed by atoms with Gasteiger partial charge in [-0.25, -0.2) is 18.1 Å². The molecule has 200 valence electrons. The maximum Gasteiger partial charge on any atom is 0.340 e. The van der Waals surface area contributed by atoms with E-state index in [1.165, 1.54) is 27.6 Å². The zero-order chi connectivity index (χ0) is 26.7. The molecule has 5 rings (SSSR count). The summed E-state index contributed by atoms with van der Waals surface area (Å²) in [5, 5.41) is 29.6. The first-order chi connectivity index (χ1) is 17.3. The van der Waals surface area contributed by atoms with E-state index in [1.807, 2.05) is 0 Å². The maximum atomic E-state index is 12.2. The van der Waals surface area contributed by atoms with E-state index in [1.54, 1.807) is 6.07 Å². The van der Waals surface area contributed by atoms with Gasteiger partial charge in [-0.15, -0.1) is 0 Å². The van der Waals surface area contributed by atoms with Crippen molar-refractivity contribution >= 4 is 45.8 Å². The van der Waals surface area contributed by atoms with Crippen LogP contribution in [0.15, 0.2) is 30.5 Å². The molecule has 37 heavy (non-hydrogen) atoms. The normalized spacial score (nSPS) is 26.1. The lowest BCUT2D eigenvalue weighted by atomic mass is 10.1. The number of ether oxygens (including phenoxy) is 1. The maximum absolute atomic E-state index is 12.2. The van der Waals surface area contributed by atoms with Crippen molar-refractivity contribution in [3.05, 3.63) is 52.3 Å². The fourth-order valence-corrected chi connectivity index (χ4v) is 8.44. The molecule has 3 heterocycles. The first-order valence-corrected chi connectivity index (χ1v) is 15.5. The molecule has 1 aliphatic carbocycles. The second-order valence-electron chi connectivity index (χ2n) is 9.51. The summed E-state index contributed by atoms with van der Waals surface area (Å²) in [6.45, 7) is 2.05. The smallest absolute Gasteiger partial charge is 0.340 e. The summed E-state index contributed by atoms with van der Waals surface area (Å²) >= 11 is 6.31. The third-order valence-electron chi connectivity index (χ3n) is 6.60. The Morgan fingerprint density at radius 1 is 1.24 bits per heavy atom. The van der Waals surface area contributed by atoms with Crippen molar-refractivity contribution in [3.63, 3.8) is 0 Å². The average Bonchev–Trinajstić information content (AvgIpc) is 3.44. The van der Waals surface area contributed by atoms with E-state index in [2.05, 4.69) is 40.5 Å². The molecule has 2 aromatic heterocycles. The van der Waals surface area contributed by atoms with Gasteiger partial charge in [0.2, 0.25) is 0 Å². The molecular formula is C22H26ClN4O8PS. The summed E-state index contributed by atoms with van der Waals surface area (Å²) in [4.78, 5) is 22.4. The minimum Gasteiger partial charge on any atom is -0.387 e. The van der Waals surface area contributed by atoms with Gasteiger partial charge in [-0.2, -0.15) is 5.10 Å². The Bertz CT molecular complexity index is 1510. The fourth-order valence-electron chi connectivity index (χ4n) is 5.01. The van der Waals surface area contributed by atoms with Crippen molar-refractivity contribution in [2.24, 2.45) is 0 Å². The standard InChI is InChI=1S/C22H26ClN4O8PS/c1-11-2-4-13-12(6-11)3-5-15(13)25-16-7-18(23)26-21-14(16)8-24-27(21)22-20(29)19(28)17(35-22)9-37(33,34)10-36(30,31)32/h2,4,6-8,15,17,19-20,22,28-29H,3,5,9-10H2,1H3,(H,25,26)(H2,30,31,32)/t15?,17-,19-,20-,22-/m1/s1. The van der Waals surface area contributed by atoms with Crippen LogP contribution in [0.1, 0.15) is 35.4 Å². The van der Waals surface area contributed by atoms with Gasteiger partial charge in [-0.3, -0.25) is 4.57 Å². The molecule has 15 heteroatoms. The lowest BCUT2D eigenvalue weighted by Crippen LogP contribution is -2.36. The van der Waals surface area contributed by atoms with Crippen LogP contribution in [0.5, 0.6) is 0 Å². The van der Waals surface area contributed by atoms with Gasteiger partial charge >= 0.3 is 7.60 Å². The summed E-state index contributed by atoms with van der Waals surface area (Å²) in [6.07, 6.45) is -2.65. The number of nitrogens with zero attached hydrogens (tertiary/aromatic N) is 3. The molecular weight excluding hydrogens is 547 g/mol. The van der Waals surface area contributed by atoms with Crippen LogP contribution in [0.4, 0.5) is 5.69 Å². The topological polar surface area (TPSA) is 184 Å². The van der Waals surface area contributed by atoms with E-state index in [9.17, 15) is 23.2 Å². The number of hydrogen-bond donors (Lipinski definition) is 5. The molecule has 2 aliphatic rings. The Kier molecular flexibility index (Phi) is 6.87. The van der Waals surface area contributed by atoms with E-state index in [4.69, 9.17) is 26.1 Å². The highest BCUT2D eigenvalue weighted by Gasteiger charge is 2.47. The largest absolute Gasteiger partial charge is 0.387 e. The molecule has 1 aliphatic heterocycles. The second kappa shape index (κ2) is 9.58. The van der Waals surface area contributed by atoms with Crippen molar-refractivity contribution in [1.82, 2.24) is 14.8 Å². The Morgan fingerprint density at radius 3 is 2.73 bits per heavy atom. The van der Waals surface area contributed by atoms with Crippen molar-refractivity contribution in [3.8, 4) is 0 Å². The second-order valence-corrected chi connectivity index (χ2v) is 14.1. The van der Waals surface area contributed by atoms with Crippen molar-refractivity contribution in [1.29, 1.82) is 0 Å². The Morgan fingerprint density at radius 2 is 2.00 bits per heavy atom. The molecule has 5 N–H and O–H groups in total. The van der Waals surface area contributed by atoms with Crippen LogP contribution in [-0.4, -0.2) is 72.7 Å². The first-order valence-electron chi connectivity index (χ1n) is 11.5. The number of rotatable bonds is 7. The Labute approximate surface area is 217 Å². The van der Waals surface area contributed by atoms with Crippen LogP contribution < -0.4 is 5.32 Å². The molecule has 1 fully saturated rings.